The summed E-state index contributed by atoms with van der Waals surface area (Å²) < 4.78 is 0. The van der Waals surface area contributed by atoms with Crippen molar-refractivity contribution in [2.24, 2.45) is 0 Å². The average molecular weight is 220 g/mol. The van der Waals surface area contributed by atoms with E-state index in [0.29, 0.717) is 5.25 Å². The molecule has 0 spiro atoms. The summed E-state index contributed by atoms with van der Waals surface area (Å²) in [6, 6.07) is 0. The SMILES string of the molecule is CCCCCCCCCC(S)CS. The van der Waals surface area contributed by atoms with Crippen LogP contribution in [0, 0.1) is 0 Å². The first kappa shape index (κ1) is 13.7. The maximum absolute atomic E-state index is 4.41. The standard InChI is InChI=1S/C11H24S2/c1-2-3-4-5-6-7-8-9-11(13)10-12/h11-13H,2-10H2,1H3. The highest BCUT2D eigenvalue weighted by Gasteiger charge is 1.98. The molecular formula is C11H24S2. The molecule has 1 unspecified atom stereocenters. The monoisotopic (exact) mass is 220 g/mol. The smallest absolute Gasteiger partial charge is 0.0105 e. The lowest BCUT2D eigenvalue weighted by Crippen LogP contribution is -1.99. The Labute approximate surface area is 94.7 Å². The van der Waals surface area contributed by atoms with Gasteiger partial charge in [0.25, 0.3) is 0 Å². The molecule has 0 aliphatic carbocycles. The zero-order chi connectivity index (χ0) is 9.94. The van der Waals surface area contributed by atoms with E-state index in [1.807, 2.05) is 0 Å². The van der Waals surface area contributed by atoms with Gasteiger partial charge in [-0.2, -0.15) is 25.3 Å². The third-order valence-corrected chi connectivity index (χ3v) is 3.52. The van der Waals surface area contributed by atoms with Crippen LogP contribution in [0.5, 0.6) is 0 Å². The van der Waals surface area contributed by atoms with E-state index in [1.54, 1.807) is 0 Å². The molecule has 1 atom stereocenters. The lowest BCUT2D eigenvalue weighted by atomic mass is 10.1. The van der Waals surface area contributed by atoms with E-state index in [1.165, 1.54) is 51.4 Å². The van der Waals surface area contributed by atoms with Crippen molar-refractivity contribution in [3.8, 4) is 0 Å². The fraction of sp³-hybridized carbons (Fsp3) is 1.00. The van der Waals surface area contributed by atoms with Crippen molar-refractivity contribution >= 4 is 25.3 Å². The molecule has 2 heteroatoms. The van der Waals surface area contributed by atoms with Crippen LogP contribution in [-0.2, 0) is 0 Å². The van der Waals surface area contributed by atoms with Crippen LogP contribution >= 0.6 is 25.3 Å². The van der Waals surface area contributed by atoms with E-state index >= 15 is 0 Å². The summed E-state index contributed by atoms with van der Waals surface area (Å²) in [5.74, 6) is 0.916. The quantitative estimate of drug-likeness (QED) is 0.419. The molecule has 0 saturated heterocycles. The Morgan fingerprint density at radius 2 is 1.46 bits per heavy atom. The van der Waals surface area contributed by atoms with E-state index < -0.39 is 0 Å². The van der Waals surface area contributed by atoms with Crippen LogP contribution in [0.25, 0.3) is 0 Å². The van der Waals surface area contributed by atoms with Crippen molar-refractivity contribution in [2.45, 2.75) is 63.5 Å². The van der Waals surface area contributed by atoms with Crippen LogP contribution in [0.15, 0.2) is 0 Å². The maximum atomic E-state index is 4.41. The molecule has 80 valence electrons. The van der Waals surface area contributed by atoms with Gasteiger partial charge in [0.2, 0.25) is 0 Å². The largest absolute Gasteiger partial charge is 0.178 e. The van der Waals surface area contributed by atoms with Gasteiger partial charge < -0.3 is 0 Å². The lowest BCUT2D eigenvalue weighted by Gasteiger charge is -2.06. The van der Waals surface area contributed by atoms with Crippen molar-refractivity contribution in [1.82, 2.24) is 0 Å². The fourth-order valence-electron chi connectivity index (χ4n) is 1.43. The number of hydrogen-bond acceptors (Lipinski definition) is 2. The minimum absolute atomic E-state index is 0.513. The second-order valence-corrected chi connectivity index (χ2v) is 4.84. The summed E-state index contributed by atoms with van der Waals surface area (Å²) in [5, 5.41) is 0.513. The van der Waals surface area contributed by atoms with Crippen LogP contribution in [-0.4, -0.2) is 11.0 Å². The third-order valence-electron chi connectivity index (χ3n) is 2.35. The zero-order valence-corrected chi connectivity index (χ0v) is 10.6. The Hall–Kier alpha value is 0.700. The van der Waals surface area contributed by atoms with Crippen molar-refractivity contribution in [1.29, 1.82) is 0 Å². The van der Waals surface area contributed by atoms with E-state index in [0.717, 1.165) is 5.75 Å². The molecule has 0 aromatic rings. The zero-order valence-electron chi connectivity index (χ0n) is 8.84. The van der Waals surface area contributed by atoms with Gasteiger partial charge in [0.1, 0.15) is 0 Å². The van der Waals surface area contributed by atoms with Gasteiger partial charge in [0.05, 0.1) is 0 Å². The molecule has 0 saturated carbocycles. The fourth-order valence-corrected chi connectivity index (χ4v) is 1.79. The van der Waals surface area contributed by atoms with Gasteiger partial charge in [-0.15, -0.1) is 0 Å². The minimum atomic E-state index is 0.513. The highest BCUT2D eigenvalue weighted by atomic mass is 32.1. The van der Waals surface area contributed by atoms with E-state index in [2.05, 4.69) is 32.2 Å². The van der Waals surface area contributed by atoms with Gasteiger partial charge in [0, 0.05) is 11.0 Å². The number of hydrogen-bond donors (Lipinski definition) is 2. The van der Waals surface area contributed by atoms with Gasteiger partial charge in [-0.05, 0) is 6.42 Å². The summed E-state index contributed by atoms with van der Waals surface area (Å²) in [6.07, 6.45) is 11.0. The second kappa shape index (κ2) is 10.8. The van der Waals surface area contributed by atoms with Crippen LogP contribution in [0.3, 0.4) is 0 Å². The van der Waals surface area contributed by atoms with Crippen molar-refractivity contribution in [3.63, 3.8) is 0 Å². The Bertz CT molecular complexity index is 94.1. The van der Waals surface area contributed by atoms with Crippen molar-refractivity contribution in [2.75, 3.05) is 5.75 Å². The summed E-state index contributed by atoms with van der Waals surface area (Å²) in [4.78, 5) is 0. The summed E-state index contributed by atoms with van der Waals surface area (Å²) in [6.45, 7) is 2.26. The molecule has 0 amide bonds. The normalized spacial score (nSPS) is 13.2. The average Bonchev–Trinajstić information content (AvgIpc) is 2.16. The number of unbranched alkanes of at least 4 members (excludes halogenated alkanes) is 6. The Balaban J connectivity index is 2.91. The Morgan fingerprint density at radius 1 is 0.923 bits per heavy atom. The topological polar surface area (TPSA) is 0 Å². The molecule has 0 radical (unpaired) electrons. The third kappa shape index (κ3) is 10.6. The van der Waals surface area contributed by atoms with Crippen LogP contribution in [0.2, 0.25) is 0 Å². The molecule has 0 rings (SSSR count). The molecule has 0 aromatic carbocycles. The summed E-state index contributed by atoms with van der Waals surface area (Å²) in [5.41, 5.74) is 0. The second-order valence-electron chi connectivity index (χ2n) is 3.75. The molecule has 0 aliphatic heterocycles. The van der Waals surface area contributed by atoms with E-state index in [-0.39, 0.29) is 0 Å². The Morgan fingerprint density at radius 3 is 2.00 bits per heavy atom. The van der Waals surface area contributed by atoms with Gasteiger partial charge in [-0.3, -0.25) is 0 Å². The van der Waals surface area contributed by atoms with Gasteiger partial charge in [-0.1, -0.05) is 51.9 Å². The van der Waals surface area contributed by atoms with E-state index in [4.69, 9.17) is 0 Å². The molecule has 0 heterocycles. The summed E-state index contributed by atoms with van der Waals surface area (Å²) >= 11 is 8.62. The molecule has 0 bridgehead atoms. The molecule has 0 fully saturated rings. The predicted molar refractivity (Wildman–Crippen MR) is 69.2 cm³/mol. The van der Waals surface area contributed by atoms with Crippen LogP contribution < -0.4 is 0 Å². The first-order valence-corrected chi connectivity index (χ1v) is 6.75. The molecule has 0 N–H and O–H groups in total. The molecule has 13 heavy (non-hydrogen) atoms. The Kier molecular flexibility index (Phi) is 11.4. The highest BCUT2D eigenvalue weighted by molar-refractivity contribution is 7.84. The van der Waals surface area contributed by atoms with Crippen LogP contribution in [0.1, 0.15) is 58.3 Å². The molecule has 0 aliphatic rings. The highest BCUT2D eigenvalue weighted by Crippen LogP contribution is 2.12. The number of thiol groups is 2. The number of rotatable bonds is 9. The summed E-state index contributed by atoms with van der Waals surface area (Å²) in [7, 11) is 0. The van der Waals surface area contributed by atoms with Crippen molar-refractivity contribution in [3.05, 3.63) is 0 Å². The molecular weight excluding hydrogens is 196 g/mol. The maximum Gasteiger partial charge on any atom is 0.0105 e. The van der Waals surface area contributed by atoms with Gasteiger partial charge >= 0.3 is 0 Å². The van der Waals surface area contributed by atoms with Gasteiger partial charge in [-0.25, -0.2) is 0 Å². The first-order valence-electron chi connectivity index (χ1n) is 5.60. The van der Waals surface area contributed by atoms with Crippen LogP contribution in [0.4, 0.5) is 0 Å². The van der Waals surface area contributed by atoms with Gasteiger partial charge in [0.15, 0.2) is 0 Å². The minimum Gasteiger partial charge on any atom is -0.178 e. The predicted octanol–water partition coefficient (Wildman–Crippen LogP) is 4.36. The van der Waals surface area contributed by atoms with Crippen molar-refractivity contribution < 1.29 is 0 Å². The van der Waals surface area contributed by atoms with E-state index in [9.17, 15) is 0 Å². The molecule has 0 aromatic heterocycles. The molecule has 0 nitrogen and oxygen atoms in total. The lowest BCUT2D eigenvalue weighted by molar-refractivity contribution is 0.576. The first-order chi connectivity index (χ1) is 6.31.